The smallest absolute Gasteiger partial charge is 0.321 e. The van der Waals surface area contributed by atoms with Gasteiger partial charge in [0.25, 0.3) is 15.9 Å². The zero-order valence-electron chi connectivity index (χ0n) is 19.1. The molecule has 2 N–H and O–H groups in total. The lowest BCUT2D eigenvalue weighted by atomic mass is 10.2. The average molecular weight is 567 g/mol. The summed E-state index contributed by atoms with van der Waals surface area (Å²) in [6, 6.07) is 12.0. The first-order chi connectivity index (χ1) is 16.7. The first-order valence-corrected chi connectivity index (χ1v) is 12.4. The normalized spacial score (nSPS) is 11.0. The molecule has 0 atom stereocenters. The summed E-state index contributed by atoms with van der Waals surface area (Å²) in [6.07, 6.45) is 0. The Kier molecular flexibility index (Phi) is 8.84. The van der Waals surface area contributed by atoms with Crippen molar-refractivity contribution in [2.24, 2.45) is 0 Å². The molecule has 0 aliphatic rings. The molecule has 0 fully saturated rings. The molecule has 3 aromatic rings. The van der Waals surface area contributed by atoms with Crippen LogP contribution in [0.25, 0.3) is 0 Å². The van der Waals surface area contributed by atoms with Crippen molar-refractivity contribution in [1.29, 1.82) is 0 Å². The van der Waals surface area contributed by atoms with E-state index in [1.54, 1.807) is 25.3 Å². The summed E-state index contributed by atoms with van der Waals surface area (Å²) in [6.45, 7) is 0.651. The van der Waals surface area contributed by atoms with E-state index in [-0.39, 0.29) is 29.2 Å². The Labute approximate surface area is 211 Å². The van der Waals surface area contributed by atoms with Crippen molar-refractivity contribution < 1.29 is 32.2 Å². The Balaban J connectivity index is 1.75. The van der Waals surface area contributed by atoms with E-state index in [0.717, 1.165) is 0 Å². The number of benzene rings is 2. The monoisotopic (exact) mass is 566 g/mol. The summed E-state index contributed by atoms with van der Waals surface area (Å²) in [7, 11) is 0.302. The molecule has 0 aliphatic heterocycles. The first-order valence-electron chi connectivity index (χ1n) is 10.1. The minimum Gasteiger partial charge on any atom is -0.490 e. The van der Waals surface area contributed by atoms with Crippen LogP contribution in [0.5, 0.6) is 17.6 Å². The van der Waals surface area contributed by atoms with Gasteiger partial charge < -0.3 is 24.3 Å². The van der Waals surface area contributed by atoms with Crippen LogP contribution in [-0.2, 0) is 14.8 Å². The molecule has 2 aromatic carbocycles. The Bertz CT molecular complexity index is 1270. The van der Waals surface area contributed by atoms with Crippen molar-refractivity contribution in [3.05, 3.63) is 58.6 Å². The molecule has 1 heterocycles. The van der Waals surface area contributed by atoms with E-state index >= 15 is 0 Å². The molecule has 0 aliphatic carbocycles. The largest absolute Gasteiger partial charge is 0.490 e. The number of carbonyl (C=O) groups excluding carboxylic acids is 1. The average Bonchev–Trinajstić information content (AvgIpc) is 2.84. The maximum atomic E-state index is 12.9. The highest BCUT2D eigenvalue weighted by Gasteiger charge is 2.18. The van der Waals surface area contributed by atoms with Gasteiger partial charge in [0.15, 0.2) is 5.82 Å². The second-order valence-electron chi connectivity index (χ2n) is 6.85. The van der Waals surface area contributed by atoms with Crippen LogP contribution in [0.15, 0.2) is 57.9 Å². The molecule has 0 bridgehead atoms. The van der Waals surface area contributed by atoms with Crippen LogP contribution in [0.3, 0.4) is 0 Å². The molecular formula is C22H23BrN4O7S. The molecule has 3 rings (SSSR count). The van der Waals surface area contributed by atoms with Gasteiger partial charge in [-0.05, 0) is 42.5 Å². The number of ether oxygens (including phenoxy) is 4. The molecule has 0 saturated heterocycles. The van der Waals surface area contributed by atoms with Gasteiger partial charge in [0.2, 0.25) is 5.88 Å². The summed E-state index contributed by atoms with van der Waals surface area (Å²) in [5.74, 6) is 0.0712. The van der Waals surface area contributed by atoms with E-state index in [1.807, 2.05) is 0 Å². The SMILES string of the molecule is COCCOc1ccc(Br)cc1C(=O)Nc1ccc(S(=O)(=O)Nc2cc(OC)nc(OC)n2)cc1. The Hall–Kier alpha value is -3.42. The number of hydrogen-bond donors (Lipinski definition) is 2. The maximum absolute atomic E-state index is 12.9. The topological polar surface area (TPSA) is 138 Å². The number of hydrogen-bond acceptors (Lipinski definition) is 9. The van der Waals surface area contributed by atoms with E-state index in [1.165, 1.54) is 44.6 Å². The van der Waals surface area contributed by atoms with Gasteiger partial charge in [0.05, 0.1) is 31.3 Å². The first kappa shape index (κ1) is 26.2. The van der Waals surface area contributed by atoms with Crippen LogP contribution in [0.4, 0.5) is 11.5 Å². The summed E-state index contributed by atoms with van der Waals surface area (Å²) in [4.78, 5) is 20.7. The van der Waals surface area contributed by atoms with Crippen LogP contribution in [-0.4, -0.2) is 58.8 Å². The Morgan fingerprint density at radius 1 is 0.971 bits per heavy atom. The molecule has 11 nitrogen and oxygen atoms in total. The Morgan fingerprint density at radius 2 is 1.71 bits per heavy atom. The van der Waals surface area contributed by atoms with Crippen LogP contribution in [0, 0.1) is 0 Å². The maximum Gasteiger partial charge on any atom is 0.321 e. The Morgan fingerprint density at radius 3 is 2.37 bits per heavy atom. The molecule has 0 spiro atoms. The van der Waals surface area contributed by atoms with Gasteiger partial charge in [0, 0.05) is 23.3 Å². The zero-order chi connectivity index (χ0) is 25.4. The van der Waals surface area contributed by atoms with Gasteiger partial charge in [-0.1, -0.05) is 15.9 Å². The molecule has 1 amide bonds. The number of rotatable bonds is 11. The zero-order valence-corrected chi connectivity index (χ0v) is 21.5. The summed E-state index contributed by atoms with van der Waals surface area (Å²) in [5, 5.41) is 2.73. The summed E-state index contributed by atoms with van der Waals surface area (Å²) in [5.41, 5.74) is 0.697. The lowest BCUT2D eigenvalue weighted by Gasteiger charge is -2.13. The lowest BCUT2D eigenvalue weighted by molar-refractivity contribution is 0.101. The van der Waals surface area contributed by atoms with E-state index in [2.05, 4.69) is 35.9 Å². The minimum absolute atomic E-state index is 0.0262. The number of methoxy groups -OCH3 is 3. The van der Waals surface area contributed by atoms with Crippen molar-refractivity contribution in [1.82, 2.24) is 9.97 Å². The quantitative estimate of drug-likeness (QED) is 0.334. The van der Waals surface area contributed by atoms with Gasteiger partial charge >= 0.3 is 6.01 Å². The van der Waals surface area contributed by atoms with Crippen molar-refractivity contribution in [3.63, 3.8) is 0 Å². The second-order valence-corrected chi connectivity index (χ2v) is 9.45. The van der Waals surface area contributed by atoms with Crippen molar-refractivity contribution in [3.8, 4) is 17.6 Å². The molecule has 186 valence electrons. The molecule has 0 unspecified atom stereocenters. The number of halogens is 1. The predicted molar refractivity (Wildman–Crippen MR) is 132 cm³/mol. The van der Waals surface area contributed by atoms with Crippen molar-refractivity contribution >= 4 is 43.4 Å². The lowest BCUT2D eigenvalue weighted by Crippen LogP contribution is -2.16. The summed E-state index contributed by atoms with van der Waals surface area (Å²) >= 11 is 3.35. The molecule has 13 heteroatoms. The molecule has 35 heavy (non-hydrogen) atoms. The van der Waals surface area contributed by atoms with Gasteiger partial charge in [-0.15, -0.1) is 0 Å². The number of nitrogens with one attached hydrogen (secondary N) is 2. The van der Waals surface area contributed by atoms with Gasteiger partial charge in [0.1, 0.15) is 12.4 Å². The second kappa shape index (κ2) is 11.8. The number of aromatic nitrogens is 2. The van der Waals surface area contributed by atoms with Crippen LogP contribution in [0.2, 0.25) is 0 Å². The fourth-order valence-corrected chi connectivity index (χ4v) is 4.16. The fourth-order valence-electron chi connectivity index (χ4n) is 2.80. The van der Waals surface area contributed by atoms with Gasteiger partial charge in [-0.25, -0.2) is 8.42 Å². The molecule has 0 saturated carbocycles. The number of anilines is 2. The van der Waals surface area contributed by atoms with Crippen LogP contribution < -0.4 is 24.2 Å². The minimum atomic E-state index is -3.99. The van der Waals surface area contributed by atoms with Crippen LogP contribution >= 0.6 is 15.9 Å². The van der Waals surface area contributed by atoms with E-state index in [9.17, 15) is 13.2 Å². The third kappa shape index (κ3) is 7.04. The third-order valence-electron chi connectivity index (χ3n) is 4.47. The number of amides is 1. The molecular weight excluding hydrogens is 544 g/mol. The standard InChI is InChI=1S/C22H23BrN4O7S/c1-31-10-11-34-18-9-4-14(23)12-17(18)21(28)24-15-5-7-16(8-6-15)35(29,30)27-19-13-20(32-2)26-22(25-19)33-3/h4-9,12-13H,10-11H2,1-3H3,(H,24,28)(H,25,26,27). The number of carbonyl (C=O) groups is 1. The summed E-state index contributed by atoms with van der Waals surface area (Å²) < 4.78 is 49.2. The van der Waals surface area contributed by atoms with Crippen molar-refractivity contribution in [2.45, 2.75) is 4.90 Å². The van der Waals surface area contributed by atoms with E-state index < -0.39 is 15.9 Å². The van der Waals surface area contributed by atoms with E-state index in [0.29, 0.717) is 28.1 Å². The fraction of sp³-hybridized carbons (Fsp3) is 0.227. The molecule has 1 aromatic heterocycles. The third-order valence-corrected chi connectivity index (χ3v) is 6.33. The number of nitrogens with zero attached hydrogens (tertiary/aromatic N) is 2. The highest BCUT2D eigenvalue weighted by atomic mass is 79.9. The predicted octanol–water partition coefficient (Wildman–Crippen LogP) is 3.33. The van der Waals surface area contributed by atoms with Gasteiger partial charge in [-0.2, -0.15) is 9.97 Å². The highest BCUT2D eigenvalue weighted by Crippen LogP contribution is 2.25. The van der Waals surface area contributed by atoms with Gasteiger partial charge in [-0.3, -0.25) is 9.52 Å². The van der Waals surface area contributed by atoms with Crippen molar-refractivity contribution in [2.75, 3.05) is 44.6 Å². The van der Waals surface area contributed by atoms with E-state index in [4.69, 9.17) is 18.9 Å². The highest BCUT2D eigenvalue weighted by molar-refractivity contribution is 9.10. The number of sulfonamides is 1. The molecule has 0 radical (unpaired) electrons. The van der Waals surface area contributed by atoms with Crippen LogP contribution in [0.1, 0.15) is 10.4 Å².